The van der Waals surface area contributed by atoms with Crippen LogP contribution in [0.3, 0.4) is 0 Å². The molecule has 0 radical (unpaired) electrons. The van der Waals surface area contributed by atoms with Crippen molar-refractivity contribution in [2.75, 3.05) is 0 Å². The molecule has 1 nitrogen and oxygen atoms in total. The van der Waals surface area contributed by atoms with E-state index < -0.39 is 0 Å². The molecule has 0 unspecified atom stereocenters. The van der Waals surface area contributed by atoms with E-state index in [4.69, 9.17) is 0 Å². The van der Waals surface area contributed by atoms with E-state index in [-0.39, 0.29) is 0 Å². The molecule has 3 aromatic carbocycles. The van der Waals surface area contributed by atoms with Crippen LogP contribution >= 0.6 is 15.9 Å². The van der Waals surface area contributed by atoms with E-state index in [1.807, 2.05) is 0 Å². The molecule has 3 rings (SSSR count). The van der Waals surface area contributed by atoms with Gasteiger partial charge in [-0.05, 0) is 41.3 Å². The second kappa shape index (κ2) is 8.27. The number of nitrogens with zero attached hydrogens (tertiary/aromatic N) is 1. The Kier molecular flexibility index (Phi) is 5.84. The largest absolute Gasteiger partial charge is 0.291 e. The van der Waals surface area contributed by atoms with Gasteiger partial charge in [0.2, 0.25) is 0 Å². The molecule has 122 valence electrons. The fourth-order valence-electron chi connectivity index (χ4n) is 2.90. The van der Waals surface area contributed by atoms with Crippen LogP contribution in [0.4, 0.5) is 0 Å². The lowest BCUT2D eigenvalue weighted by atomic mass is 10.1. The molecule has 0 heterocycles. The Balaban J connectivity index is 1.82. The molecule has 0 spiro atoms. The van der Waals surface area contributed by atoms with Gasteiger partial charge >= 0.3 is 0 Å². The minimum absolute atomic E-state index is 0.940. The third kappa shape index (κ3) is 4.80. The molecule has 0 N–H and O–H groups in total. The third-order valence-electron chi connectivity index (χ3n) is 4.20. The molecular formula is C22H22BrN. The van der Waals surface area contributed by atoms with Crippen molar-refractivity contribution in [3.63, 3.8) is 0 Å². The van der Waals surface area contributed by atoms with E-state index in [2.05, 4.69) is 107 Å². The first-order valence-corrected chi connectivity index (χ1v) is 9.05. The molecule has 2 heteroatoms. The lowest BCUT2D eigenvalue weighted by Crippen LogP contribution is -2.22. The molecule has 0 saturated heterocycles. The van der Waals surface area contributed by atoms with E-state index >= 15 is 0 Å². The Morgan fingerprint density at radius 1 is 0.708 bits per heavy atom. The van der Waals surface area contributed by atoms with Crippen LogP contribution < -0.4 is 0 Å². The zero-order chi connectivity index (χ0) is 16.8. The predicted octanol–water partition coefficient (Wildman–Crippen LogP) is 5.96. The lowest BCUT2D eigenvalue weighted by molar-refractivity contribution is 0.247. The van der Waals surface area contributed by atoms with Crippen molar-refractivity contribution in [2.24, 2.45) is 0 Å². The highest BCUT2D eigenvalue weighted by atomic mass is 79.9. The molecule has 0 amide bonds. The van der Waals surface area contributed by atoms with E-state index in [9.17, 15) is 0 Å². The van der Waals surface area contributed by atoms with Crippen LogP contribution in [0, 0.1) is 6.92 Å². The first kappa shape index (κ1) is 16.9. The summed E-state index contributed by atoms with van der Waals surface area (Å²) in [7, 11) is 0. The highest BCUT2D eigenvalue weighted by Crippen LogP contribution is 2.20. The van der Waals surface area contributed by atoms with Crippen LogP contribution in [0.15, 0.2) is 83.3 Å². The summed E-state index contributed by atoms with van der Waals surface area (Å²) in [5.41, 5.74) is 5.41. The van der Waals surface area contributed by atoms with Gasteiger partial charge in [0.05, 0.1) is 0 Å². The van der Waals surface area contributed by atoms with Gasteiger partial charge < -0.3 is 0 Å². The van der Waals surface area contributed by atoms with Crippen LogP contribution in [0.5, 0.6) is 0 Å². The lowest BCUT2D eigenvalue weighted by Gasteiger charge is -2.24. The molecule has 0 aliphatic carbocycles. The maximum absolute atomic E-state index is 3.60. The summed E-state index contributed by atoms with van der Waals surface area (Å²) < 4.78 is 1.14. The molecule has 0 fully saturated rings. The van der Waals surface area contributed by atoms with Crippen molar-refractivity contribution < 1.29 is 0 Å². The topological polar surface area (TPSA) is 3.24 Å². The van der Waals surface area contributed by atoms with Gasteiger partial charge in [-0.15, -0.1) is 0 Å². The normalized spacial score (nSPS) is 11.0. The van der Waals surface area contributed by atoms with Crippen molar-refractivity contribution in [3.05, 3.63) is 106 Å². The number of hydrogen-bond acceptors (Lipinski definition) is 1. The maximum Gasteiger partial charge on any atom is 0.0243 e. The van der Waals surface area contributed by atoms with E-state index in [1.54, 1.807) is 0 Å². The monoisotopic (exact) mass is 379 g/mol. The van der Waals surface area contributed by atoms with Gasteiger partial charge in [-0.1, -0.05) is 82.7 Å². The van der Waals surface area contributed by atoms with Gasteiger partial charge in [0.25, 0.3) is 0 Å². The maximum atomic E-state index is 3.60. The molecule has 24 heavy (non-hydrogen) atoms. The van der Waals surface area contributed by atoms with Gasteiger partial charge in [0.1, 0.15) is 0 Å². The fraction of sp³-hybridized carbons (Fsp3) is 0.182. The second-order valence-electron chi connectivity index (χ2n) is 6.19. The Morgan fingerprint density at radius 3 is 1.79 bits per heavy atom. The second-order valence-corrected chi connectivity index (χ2v) is 7.10. The molecule has 0 bridgehead atoms. The number of rotatable bonds is 6. The number of halogens is 1. The first-order valence-electron chi connectivity index (χ1n) is 8.26. The van der Waals surface area contributed by atoms with Crippen LogP contribution in [0.2, 0.25) is 0 Å². The van der Waals surface area contributed by atoms with Crippen LogP contribution in [-0.2, 0) is 19.6 Å². The van der Waals surface area contributed by atoms with Gasteiger partial charge in [-0.2, -0.15) is 0 Å². The zero-order valence-corrected chi connectivity index (χ0v) is 15.5. The van der Waals surface area contributed by atoms with Gasteiger partial charge in [0.15, 0.2) is 0 Å². The number of hydrogen-bond donors (Lipinski definition) is 0. The smallest absolute Gasteiger partial charge is 0.0243 e. The molecular weight excluding hydrogens is 358 g/mol. The molecule has 0 aliphatic rings. The van der Waals surface area contributed by atoms with Crippen molar-refractivity contribution in [3.8, 4) is 0 Å². The Bertz CT molecular complexity index is 727. The van der Waals surface area contributed by atoms with Crippen molar-refractivity contribution >= 4 is 15.9 Å². The zero-order valence-electron chi connectivity index (χ0n) is 14.0. The van der Waals surface area contributed by atoms with Gasteiger partial charge in [-0.25, -0.2) is 0 Å². The standard InChI is InChI=1S/C22H22BrN/c1-18-12-13-22(23)14-21(18)17-24(15-19-8-4-2-5-9-19)16-20-10-6-3-7-11-20/h2-14H,15-17H2,1H3. The van der Waals surface area contributed by atoms with Crippen molar-refractivity contribution in [2.45, 2.75) is 26.6 Å². The number of aryl methyl sites for hydroxylation is 1. The van der Waals surface area contributed by atoms with Crippen LogP contribution in [0.1, 0.15) is 22.3 Å². The average molecular weight is 380 g/mol. The summed E-state index contributed by atoms with van der Waals surface area (Å²) in [6.45, 7) is 5.02. The highest BCUT2D eigenvalue weighted by molar-refractivity contribution is 9.10. The summed E-state index contributed by atoms with van der Waals surface area (Å²) in [4.78, 5) is 2.50. The predicted molar refractivity (Wildman–Crippen MR) is 105 cm³/mol. The Labute approximate surface area is 153 Å². The quantitative estimate of drug-likeness (QED) is 0.510. The Morgan fingerprint density at radius 2 is 1.25 bits per heavy atom. The fourth-order valence-corrected chi connectivity index (χ4v) is 3.31. The minimum Gasteiger partial charge on any atom is -0.291 e. The van der Waals surface area contributed by atoms with Gasteiger partial charge in [0, 0.05) is 24.1 Å². The van der Waals surface area contributed by atoms with Crippen molar-refractivity contribution in [1.29, 1.82) is 0 Å². The number of benzene rings is 3. The summed E-state index contributed by atoms with van der Waals surface area (Å²) in [6.07, 6.45) is 0. The van der Waals surface area contributed by atoms with E-state index in [0.29, 0.717) is 0 Å². The molecule has 0 aliphatic heterocycles. The summed E-state index contributed by atoms with van der Waals surface area (Å²) >= 11 is 3.60. The molecule has 0 aromatic heterocycles. The highest BCUT2D eigenvalue weighted by Gasteiger charge is 2.10. The van der Waals surface area contributed by atoms with E-state index in [1.165, 1.54) is 22.3 Å². The minimum atomic E-state index is 0.940. The first-order chi connectivity index (χ1) is 11.7. The van der Waals surface area contributed by atoms with Gasteiger partial charge in [-0.3, -0.25) is 4.90 Å². The van der Waals surface area contributed by atoms with E-state index in [0.717, 1.165) is 24.1 Å². The summed E-state index contributed by atoms with van der Waals surface area (Å²) in [5, 5.41) is 0. The third-order valence-corrected chi connectivity index (χ3v) is 4.70. The SMILES string of the molecule is Cc1ccc(Br)cc1CN(Cc1ccccc1)Cc1ccccc1. The van der Waals surface area contributed by atoms with Crippen LogP contribution in [0.25, 0.3) is 0 Å². The molecule has 0 saturated carbocycles. The molecule has 3 aromatic rings. The summed E-state index contributed by atoms with van der Waals surface area (Å²) in [5.74, 6) is 0. The summed E-state index contributed by atoms with van der Waals surface area (Å²) in [6, 6.07) is 27.9. The van der Waals surface area contributed by atoms with Crippen molar-refractivity contribution in [1.82, 2.24) is 4.90 Å². The Hall–Kier alpha value is -1.90. The molecule has 0 atom stereocenters. The average Bonchev–Trinajstić information content (AvgIpc) is 2.60. The van der Waals surface area contributed by atoms with Crippen LogP contribution in [-0.4, -0.2) is 4.90 Å².